The Balaban J connectivity index is 2.01. The first-order valence-electron chi connectivity index (χ1n) is 6.38. The van der Waals surface area contributed by atoms with Crippen molar-refractivity contribution in [3.05, 3.63) is 24.0 Å². The molecule has 1 aromatic rings. The highest BCUT2D eigenvalue weighted by Crippen LogP contribution is 2.29. The molecule has 1 heterocycles. The summed E-state index contributed by atoms with van der Waals surface area (Å²) in [6.45, 7) is 7.35. The molecular weight excluding hydrogens is 210 g/mol. The monoisotopic (exact) mass is 233 g/mol. The molecule has 0 atom stereocenters. The highest BCUT2D eigenvalue weighted by atomic mass is 15.2. The summed E-state index contributed by atoms with van der Waals surface area (Å²) in [5.41, 5.74) is 2.54. The van der Waals surface area contributed by atoms with Gasteiger partial charge >= 0.3 is 0 Å². The van der Waals surface area contributed by atoms with Gasteiger partial charge in [0.15, 0.2) is 0 Å². The third-order valence-electron chi connectivity index (χ3n) is 3.10. The van der Waals surface area contributed by atoms with Gasteiger partial charge in [0, 0.05) is 37.1 Å². The van der Waals surface area contributed by atoms with E-state index < -0.39 is 0 Å². The van der Waals surface area contributed by atoms with Crippen molar-refractivity contribution in [1.82, 2.24) is 10.3 Å². The predicted molar refractivity (Wildman–Crippen MR) is 72.3 cm³/mol. The van der Waals surface area contributed by atoms with Crippen molar-refractivity contribution in [2.45, 2.75) is 51.7 Å². The third-order valence-corrected chi connectivity index (χ3v) is 3.10. The Hall–Kier alpha value is -1.09. The van der Waals surface area contributed by atoms with Gasteiger partial charge in [0.05, 0.1) is 5.69 Å². The first-order chi connectivity index (χ1) is 7.96. The molecule has 3 heteroatoms. The van der Waals surface area contributed by atoms with Crippen molar-refractivity contribution < 1.29 is 0 Å². The molecule has 2 rings (SSSR count). The van der Waals surface area contributed by atoms with Crippen LogP contribution in [-0.4, -0.2) is 23.6 Å². The molecule has 0 spiro atoms. The minimum Gasteiger partial charge on any atom is -0.372 e. The zero-order valence-electron chi connectivity index (χ0n) is 11.3. The maximum Gasteiger partial charge on any atom is 0.0562 e. The molecule has 0 saturated heterocycles. The molecule has 94 valence electrons. The van der Waals surface area contributed by atoms with Crippen LogP contribution in [0, 0.1) is 0 Å². The van der Waals surface area contributed by atoms with Gasteiger partial charge in [-0.15, -0.1) is 0 Å². The molecule has 0 aliphatic heterocycles. The molecule has 1 N–H and O–H groups in total. The molecule has 0 aromatic carbocycles. The fraction of sp³-hybridized carbons (Fsp3) is 0.643. The maximum atomic E-state index is 4.42. The first-order valence-corrected chi connectivity index (χ1v) is 6.38. The highest BCUT2D eigenvalue weighted by molar-refractivity contribution is 5.47. The van der Waals surface area contributed by atoms with Crippen molar-refractivity contribution in [3.63, 3.8) is 0 Å². The van der Waals surface area contributed by atoms with Gasteiger partial charge in [0.25, 0.3) is 0 Å². The van der Waals surface area contributed by atoms with Crippen LogP contribution < -0.4 is 10.2 Å². The van der Waals surface area contributed by atoms with Crippen LogP contribution >= 0.6 is 0 Å². The summed E-state index contributed by atoms with van der Waals surface area (Å²) in [6, 6.07) is 5.04. The van der Waals surface area contributed by atoms with Crippen molar-refractivity contribution >= 4 is 5.69 Å². The van der Waals surface area contributed by atoms with Gasteiger partial charge in [0.2, 0.25) is 0 Å². The van der Waals surface area contributed by atoms with Crippen molar-refractivity contribution in [1.29, 1.82) is 0 Å². The number of hydrogen-bond acceptors (Lipinski definition) is 3. The Labute approximate surface area is 104 Å². The molecule has 0 bridgehead atoms. The number of hydrogen-bond donors (Lipinski definition) is 1. The fourth-order valence-corrected chi connectivity index (χ4v) is 1.81. The van der Waals surface area contributed by atoms with E-state index in [1.54, 1.807) is 0 Å². The van der Waals surface area contributed by atoms with Crippen LogP contribution in [0.2, 0.25) is 0 Å². The molecule has 0 amide bonds. The lowest BCUT2D eigenvalue weighted by Gasteiger charge is -2.22. The predicted octanol–water partition coefficient (Wildman–Crippen LogP) is 2.57. The Morgan fingerprint density at radius 1 is 1.41 bits per heavy atom. The van der Waals surface area contributed by atoms with Crippen molar-refractivity contribution in [2.24, 2.45) is 0 Å². The van der Waals surface area contributed by atoms with E-state index >= 15 is 0 Å². The Bertz CT molecular complexity index is 377. The van der Waals surface area contributed by atoms with Crippen LogP contribution in [0.25, 0.3) is 0 Å². The lowest BCUT2D eigenvalue weighted by molar-refractivity contribution is 0.421. The van der Waals surface area contributed by atoms with Crippen molar-refractivity contribution in [2.75, 3.05) is 11.9 Å². The van der Waals surface area contributed by atoms with Gasteiger partial charge in [-0.05, 0) is 45.7 Å². The number of nitrogens with zero attached hydrogens (tertiary/aromatic N) is 2. The van der Waals surface area contributed by atoms with Crippen LogP contribution in [0.4, 0.5) is 5.69 Å². The topological polar surface area (TPSA) is 28.2 Å². The second-order valence-electron chi connectivity index (χ2n) is 5.95. The molecule has 1 fully saturated rings. The summed E-state index contributed by atoms with van der Waals surface area (Å²) in [7, 11) is 2.17. The fourth-order valence-electron chi connectivity index (χ4n) is 1.81. The number of anilines is 1. The summed E-state index contributed by atoms with van der Waals surface area (Å²) in [5.74, 6) is 0. The summed E-state index contributed by atoms with van der Waals surface area (Å²) < 4.78 is 0. The summed E-state index contributed by atoms with van der Waals surface area (Å²) in [6.07, 6.45) is 4.57. The van der Waals surface area contributed by atoms with Gasteiger partial charge in [-0.1, -0.05) is 0 Å². The summed E-state index contributed by atoms with van der Waals surface area (Å²) in [5, 5.41) is 3.47. The van der Waals surface area contributed by atoms with Gasteiger partial charge in [-0.3, -0.25) is 4.98 Å². The summed E-state index contributed by atoms with van der Waals surface area (Å²) >= 11 is 0. The van der Waals surface area contributed by atoms with Gasteiger partial charge in [0.1, 0.15) is 0 Å². The standard InChI is InChI=1S/C14H23N3/c1-14(2,3)16-10-11-9-13(7-8-15-11)17(4)12-5-6-12/h7-9,12,16H,5-6,10H2,1-4H3. The van der Waals surface area contributed by atoms with E-state index in [9.17, 15) is 0 Å². The van der Waals surface area contributed by atoms with Gasteiger partial charge < -0.3 is 10.2 Å². The molecule has 17 heavy (non-hydrogen) atoms. The molecule has 0 radical (unpaired) electrons. The molecule has 1 aliphatic rings. The number of aromatic nitrogens is 1. The Morgan fingerprint density at radius 3 is 2.71 bits per heavy atom. The lowest BCUT2D eigenvalue weighted by Crippen LogP contribution is -2.35. The first kappa shape index (κ1) is 12.4. The van der Waals surface area contributed by atoms with Crippen LogP contribution in [0.5, 0.6) is 0 Å². The Kier molecular flexibility index (Phi) is 3.38. The van der Waals surface area contributed by atoms with Crippen LogP contribution in [-0.2, 0) is 6.54 Å². The van der Waals surface area contributed by atoms with E-state index in [4.69, 9.17) is 0 Å². The quantitative estimate of drug-likeness (QED) is 0.866. The summed E-state index contributed by atoms with van der Waals surface area (Å²) in [4.78, 5) is 6.78. The number of rotatable bonds is 4. The normalized spacial score (nSPS) is 16.0. The van der Waals surface area contributed by atoms with Gasteiger partial charge in [-0.2, -0.15) is 0 Å². The minimum atomic E-state index is 0.139. The van der Waals surface area contributed by atoms with Crippen LogP contribution in [0.15, 0.2) is 18.3 Å². The second kappa shape index (κ2) is 4.65. The second-order valence-corrected chi connectivity index (χ2v) is 5.95. The van der Waals surface area contributed by atoms with E-state index in [-0.39, 0.29) is 5.54 Å². The SMILES string of the molecule is CN(c1ccnc(CNC(C)(C)C)c1)C1CC1. The molecule has 3 nitrogen and oxygen atoms in total. The Morgan fingerprint density at radius 2 is 2.12 bits per heavy atom. The highest BCUT2D eigenvalue weighted by Gasteiger charge is 2.26. The molecule has 0 unspecified atom stereocenters. The van der Waals surface area contributed by atoms with E-state index in [1.165, 1.54) is 18.5 Å². The van der Waals surface area contributed by atoms with Gasteiger partial charge in [-0.25, -0.2) is 0 Å². The maximum absolute atomic E-state index is 4.42. The average molecular weight is 233 g/mol. The van der Waals surface area contributed by atoms with Crippen molar-refractivity contribution in [3.8, 4) is 0 Å². The third kappa shape index (κ3) is 3.70. The molecule has 1 aromatic heterocycles. The number of pyridine rings is 1. The molecule has 1 saturated carbocycles. The lowest BCUT2D eigenvalue weighted by atomic mass is 10.1. The van der Waals surface area contributed by atoms with E-state index in [0.717, 1.165) is 18.3 Å². The smallest absolute Gasteiger partial charge is 0.0562 e. The van der Waals surface area contributed by atoms with Crippen LogP contribution in [0.3, 0.4) is 0 Å². The minimum absolute atomic E-state index is 0.139. The van der Waals surface area contributed by atoms with E-state index in [2.05, 4.69) is 55.2 Å². The van der Waals surface area contributed by atoms with Crippen LogP contribution in [0.1, 0.15) is 39.3 Å². The molecule has 1 aliphatic carbocycles. The average Bonchev–Trinajstić information content (AvgIpc) is 3.09. The largest absolute Gasteiger partial charge is 0.372 e. The zero-order chi connectivity index (χ0) is 12.5. The zero-order valence-corrected chi connectivity index (χ0v) is 11.3. The van der Waals surface area contributed by atoms with E-state index in [0.29, 0.717) is 0 Å². The van der Waals surface area contributed by atoms with E-state index in [1.807, 2.05) is 6.20 Å². The number of nitrogens with one attached hydrogen (secondary N) is 1. The molecular formula is C14H23N3.